The van der Waals surface area contributed by atoms with Gasteiger partial charge in [0.1, 0.15) is 5.75 Å². The number of ether oxygens (including phenoxy) is 1. The van der Waals surface area contributed by atoms with Crippen molar-refractivity contribution in [3.05, 3.63) is 54.1 Å². The van der Waals surface area contributed by atoms with Gasteiger partial charge in [0.25, 0.3) is 0 Å². The van der Waals surface area contributed by atoms with E-state index in [1.165, 1.54) is 12.5 Å². The molecule has 0 spiro atoms. The van der Waals surface area contributed by atoms with Crippen LogP contribution in [0.25, 0.3) is 5.69 Å². The summed E-state index contributed by atoms with van der Waals surface area (Å²) < 4.78 is 6.84. The van der Waals surface area contributed by atoms with Gasteiger partial charge in [0.15, 0.2) is 0 Å². The third kappa shape index (κ3) is 4.60. The van der Waals surface area contributed by atoms with E-state index in [2.05, 4.69) is 33.0 Å². The second kappa shape index (κ2) is 8.48. The first-order valence-electron chi connectivity index (χ1n) is 8.08. The number of tetrazole rings is 1. The second-order valence-electron chi connectivity index (χ2n) is 5.55. The molecule has 0 radical (unpaired) electrons. The minimum absolute atomic E-state index is 0.118. The highest BCUT2D eigenvalue weighted by Gasteiger charge is 2.10. The molecule has 2 aromatic carbocycles. The number of aryl methyl sites for hydroxylation is 1. The van der Waals surface area contributed by atoms with Crippen LogP contribution in [0.2, 0.25) is 0 Å². The summed E-state index contributed by atoms with van der Waals surface area (Å²) in [5, 5.41) is 15.4. The summed E-state index contributed by atoms with van der Waals surface area (Å²) in [4.78, 5) is 11.2. The predicted octanol–water partition coefficient (Wildman–Crippen LogP) is 2.96. The molecule has 8 heteroatoms. The molecule has 1 N–H and O–H groups in total. The Morgan fingerprint density at radius 1 is 1.23 bits per heavy atom. The molecule has 0 saturated heterocycles. The van der Waals surface area contributed by atoms with E-state index in [-0.39, 0.29) is 5.91 Å². The van der Waals surface area contributed by atoms with E-state index in [1.54, 1.807) is 23.6 Å². The maximum atomic E-state index is 11.2. The number of anilines is 1. The van der Waals surface area contributed by atoms with Crippen molar-refractivity contribution in [3.63, 3.8) is 0 Å². The second-order valence-corrected chi connectivity index (χ2v) is 6.61. The summed E-state index contributed by atoms with van der Waals surface area (Å²) in [7, 11) is 1.66. The van der Waals surface area contributed by atoms with Crippen LogP contribution in [0, 0.1) is 0 Å². The third-order valence-corrected chi connectivity index (χ3v) is 4.55. The summed E-state index contributed by atoms with van der Waals surface area (Å²) in [5.74, 6) is 1.58. The molecule has 0 bridgehead atoms. The molecule has 3 rings (SSSR count). The molecule has 0 fully saturated rings. The smallest absolute Gasteiger partial charge is 0.221 e. The van der Waals surface area contributed by atoms with Crippen molar-refractivity contribution >= 4 is 23.4 Å². The maximum Gasteiger partial charge on any atom is 0.221 e. The van der Waals surface area contributed by atoms with Gasteiger partial charge in [-0.15, -0.1) is 5.10 Å². The molecule has 0 aliphatic rings. The van der Waals surface area contributed by atoms with Crippen LogP contribution >= 0.6 is 11.8 Å². The van der Waals surface area contributed by atoms with Crippen LogP contribution in [0.1, 0.15) is 12.5 Å². The van der Waals surface area contributed by atoms with Gasteiger partial charge in [0.2, 0.25) is 11.1 Å². The van der Waals surface area contributed by atoms with Gasteiger partial charge in [-0.25, -0.2) is 0 Å². The third-order valence-electron chi connectivity index (χ3n) is 3.63. The Kier molecular flexibility index (Phi) is 5.85. The van der Waals surface area contributed by atoms with Crippen LogP contribution in [0.5, 0.6) is 5.75 Å². The molecule has 0 saturated carbocycles. The number of nitrogens with one attached hydrogen (secondary N) is 1. The fraction of sp³-hybridized carbons (Fsp3) is 0.222. The molecule has 134 valence electrons. The first-order valence-corrected chi connectivity index (χ1v) is 9.06. The van der Waals surface area contributed by atoms with Crippen LogP contribution in [-0.2, 0) is 11.2 Å². The van der Waals surface area contributed by atoms with Gasteiger partial charge in [0.05, 0.1) is 12.8 Å². The van der Waals surface area contributed by atoms with Gasteiger partial charge in [-0.2, -0.15) is 4.68 Å². The standard InChI is InChI=1S/C18H19N5O2S/c1-13(24)19-15-4-3-5-16(12-15)23-18(20-21-22-23)26-11-10-14-6-8-17(25-2)9-7-14/h3-9,12H,10-11H2,1-2H3,(H,19,24). The monoisotopic (exact) mass is 369 g/mol. The highest BCUT2D eigenvalue weighted by molar-refractivity contribution is 7.99. The van der Waals surface area contributed by atoms with E-state index in [4.69, 9.17) is 4.74 Å². The van der Waals surface area contributed by atoms with Crippen molar-refractivity contribution < 1.29 is 9.53 Å². The zero-order valence-electron chi connectivity index (χ0n) is 14.5. The molecule has 0 aliphatic carbocycles. The quantitative estimate of drug-likeness (QED) is 0.645. The van der Waals surface area contributed by atoms with Crippen LogP contribution < -0.4 is 10.1 Å². The number of rotatable bonds is 7. The van der Waals surface area contributed by atoms with E-state index in [9.17, 15) is 4.79 Å². The molecule has 1 aromatic heterocycles. The Bertz CT molecular complexity index is 879. The highest BCUT2D eigenvalue weighted by Crippen LogP contribution is 2.22. The van der Waals surface area contributed by atoms with Gasteiger partial charge in [-0.05, 0) is 52.7 Å². The number of aromatic nitrogens is 4. The van der Waals surface area contributed by atoms with Crippen molar-refractivity contribution in [1.82, 2.24) is 20.2 Å². The summed E-state index contributed by atoms with van der Waals surface area (Å²) in [6.45, 7) is 1.48. The van der Waals surface area contributed by atoms with Gasteiger partial charge >= 0.3 is 0 Å². The number of carbonyl (C=O) groups is 1. The number of hydrogen-bond acceptors (Lipinski definition) is 6. The number of benzene rings is 2. The normalized spacial score (nSPS) is 10.5. The molecule has 3 aromatic rings. The maximum absolute atomic E-state index is 11.2. The number of thioether (sulfide) groups is 1. The summed E-state index contributed by atoms with van der Waals surface area (Å²) in [5.41, 5.74) is 2.73. The average molecular weight is 369 g/mol. The lowest BCUT2D eigenvalue weighted by molar-refractivity contribution is -0.114. The zero-order chi connectivity index (χ0) is 18.4. The largest absolute Gasteiger partial charge is 0.497 e. The number of carbonyl (C=O) groups excluding carboxylic acids is 1. The minimum Gasteiger partial charge on any atom is -0.497 e. The van der Waals surface area contributed by atoms with E-state index in [0.717, 1.165) is 23.6 Å². The molecular weight excluding hydrogens is 350 g/mol. The van der Waals surface area contributed by atoms with Crippen LogP contribution in [-0.4, -0.2) is 39.0 Å². The lowest BCUT2D eigenvalue weighted by atomic mass is 10.2. The Balaban J connectivity index is 1.65. The Morgan fingerprint density at radius 2 is 2.04 bits per heavy atom. The number of hydrogen-bond donors (Lipinski definition) is 1. The lowest BCUT2D eigenvalue weighted by Crippen LogP contribution is -2.07. The Labute approximate surface area is 155 Å². The van der Waals surface area contributed by atoms with Gasteiger partial charge in [-0.1, -0.05) is 30.0 Å². The fourth-order valence-corrected chi connectivity index (χ4v) is 3.28. The van der Waals surface area contributed by atoms with Crippen LogP contribution in [0.15, 0.2) is 53.7 Å². The predicted molar refractivity (Wildman–Crippen MR) is 101 cm³/mol. The first-order chi connectivity index (χ1) is 12.7. The van der Waals surface area contributed by atoms with E-state index in [1.807, 2.05) is 36.4 Å². The van der Waals surface area contributed by atoms with Gasteiger partial charge in [0, 0.05) is 18.4 Å². The molecular formula is C18H19N5O2S. The highest BCUT2D eigenvalue weighted by atomic mass is 32.2. The van der Waals surface area contributed by atoms with Gasteiger partial charge in [-0.3, -0.25) is 4.79 Å². The molecule has 0 unspecified atom stereocenters. The first kappa shape index (κ1) is 17.9. The van der Waals surface area contributed by atoms with E-state index >= 15 is 0 Å². The van der Waals surface area contributed by atoms with Crippen molar-refractivity contribution in [3.8, 4) is 11.4 Å². The Hall–Kier alpha value is -2.87. The fourth-order valence-electron chi connectivity index (χ4n) is 2.40. The van der Waals surface area contributed by atoms with Crippen molar-refractivity contribution in [2.45, 2.75) is 18.5 Å². The van der Waals surface area contributed by atoms with E-state index < -0.39 is 0 Å². The van der Waals surface area contributed by atoms with Crippen molar-refractivity contribution in [2.24, 2.45) is 0 Å². The molecule has 0 atom stereocenters. The number of amides is 1. The Morgan fingerprint density at radius 3 is 2.77 bits per heavy atom. The molecule has 26 heavy (non-hydrogen) atoms. The zero-order valence-corrected chi connectivity index (χ0v) is 15.4. The molecule has 1 amide bonds. The number of methoxy groups -OCH3 is 1. The molecule has 7 nitrogen and oxygen atoms in total. The van der Waals surface area contributed by atoms with Crippen molar-refractivity contribution in [2.75, 3.05) is 18.2 Å². The minimum atomic E-state index is -0.118. The summed E-state index contributed by atoms with van der Waals surface area (Å²) in [6, 6.07) is 15.4. The van der Waals surface area contributed by atoms with Crippen LogP contribution in [0.4, 0.5) is 5.69 Å². The van der Waals surface area contributed by atoms with Crippen molar-refractivity contribution in [1.29, 1.82) is 0 Å². The SMILES string of the molecule is COc1ccc(CCSc2nnnn2-c2cccc(NC(C)=O)c2)cc1. The topological polar surface area (TPSA) is 81.9 Å². The van der Waals surface area contributed by atoms with Gasteiger partial charge < -0.3 is 10.1 Å². The molecule has 1 heterocycles. The lowest BCUT2D eigenvalue weighted by Gasteiger charge is -2.07. The van der Waals surface area contributed by atoms with Crippen LogP contribution in [0.3, 0.4) is 0 Å². The number of nitrogens with zero attached hydrogens (tertiary/aromatic N) is 4. The average Bonchev–Trinajstić information content (AvgIpc) is 3.10. The molecule has 0 aliphatic heterocycles. The van der Waals surface area contributed by atoms with E-state index in [0.29, 0.717) is 10.8 Å². The summed E-state index contributed by atoms with van der Waals surface area (Å²) in [6.07, 6.45) is 0.896. The summed E-state index contributed by atoms with van der Waals surface area (Å²) >= 11 is 1.58.